The van der Waals surface area contributed by atoms with Gasteiger partial charge in [0, 0.05) is 32.5 Å². The summed E-state index contributed by atoms with van der Waals surface area (Å²) in [6.45, 7) is 1.98. The summed E-state index contributed by atoms with van der Waals surface area (Å²) in [6, 6.07) is 10.2. The SMILES string of the molecule is CN(Cc1ccccc1)[C@H]1CCC2(C[C@@H]1N(C)C(=O)O)OCCO2. The molecular weight excluding hydrogens is 308 g/mol. The molecule has 1 saturated carbocycles. The van der Waals surface area contributed by atoms with Crippen molar-refractivity contribution in [2.45, 2.75) is 43.7 Å². The average molecular weight is 334 g/mol. The lowest BCUT2D eigenvalue weighted by Crippen LogP contribution is -2.58. The molecule has 3 rings (SSSR count). The maximum atomic E-state index is 11.6. The Morgan fingerprint density at radius 3 is 2.50 bits per heavy atom. The molecule has 1 aliphatic carbocycles. The molecule has 1 aliphatic heterocycles. The standard InChI is InChI=1S/C18H26N2O4/c1-19(13-14-6-4-3-5-7-14)15-8-9-18(23-10-11-24-18)12-16(15)20(2)17(21)22/h3-7,15-16H,8-13H2,1-2H3,(H,21,22)/t15-,16-/m0/s1. The molecule has 24 heavy (non-hydrogen) atoms. The predicted octanol–water partition coefficient (Wildman–Crippen LogP) is 2.39. The Kier molecular flexibility index (Phi) is 5.08. The van der Waals surface area contributed by atoms with Gasteiger partial charge in [-0.25, -0.2) is 4.79 Å². The molecule has 1 saturated heterocycles. The molecule has 6 nitrogen and oxygen atoms in total. The molecule has 1 aromatic carbocycles. The first-order chi connectivity index (χ1) is 11.5. The number of carboxylic acid groups (broad SMARTS) is 1. The van der Waals surface area contributed by atoms with Gasteiger partial charge in [-0.05, 0) is 19.0 Å². The lowest BCUT2D eigenvalue weighted by molar-refractivity contribution is -0.196. The second-order valence-electron chi connectivity index (χ2n) is 6.78. The summed E-state index contributed by atoms with van der Waals surface area (Å²) in [6.07, 6.45) is 1.33. The first kappa shape index (κ1) is 17.2. The van der Waals surface area contributed by atoms with Crippen LogP contribution in [0.5, 0.6) is 0 Å². The number of amides is 1. The second-order valence-corrected chi connectivity index (χ2v) is 6.78. The van der Waals surface area contributed by atoms with E-state index in [0.29, 0.717) is 19.6 Å². The zero-order chi connectivity index (χ0) is 17.2. The van der Waals surface area contributed by atoms with Crippen LogP contribution in [0.3, 0.4) is 0 Å². The Labute approximate surface area is 143 Å². The molecular formula is C18H26N2O4. The monoisotopic (exact) mass is 334 g/mol. The van der Waals surface area contributed by atoms with Gasteiger partial charge in [0.2, 0.25) is 0 Å². The number of ether oxygens (including phenoxy) is 2. The summed E-state index contributed by atoms with van der Waals surface area (Å²) in [5.41, 5.74) is 1.23. The fraction of sp³-hybridized carbons (Fsp3) is 0.611. The highest BCUT2D eigenvalue weighted by atomic mass is 16.7. The van der Waals surface area contributed by atoms with Crippen molar-refractivity contribution in [3.63, 3.8) is 0 Å². The molecule has 0 aromatic heterocycles. The van der Waals surface area contributed by atoms with Gasteiger partial charge in [0.1, 0.15) is 0 Å². The highest BCUT2D eigenvalue weighted by Crippen LogP contribution is 2.39. The third kappa shape index (κ3) is 3.55. The minimum absolute atomic E-state index is 0.143. The lowest BCUT2D eigenvalue weighted by Gasteiger charge is -2.47. The van der Waals surface area contributed by atoms with E-state index in [9.17, 15) is 9.90 Å². The van der Waals surface area contributed by atoms with Crippen molar-refractivity contribution < 1.29 is 19.4 Å². The van der Waals surface area contributed by atoms with Gasteiger partial charge in [-0.3, -0.25) is 4.90 Å². The number of benzene rings is 1. The highest BCUT2D eigenvalue weighted by Gasteiger charge is 2.48. The zero-order valence-corrected chi connectivity index (χ0v) is 14.4. The Balaban J connectivity index is 1.75. The fourth-order valence-electron chi connectivity index (χ4n) is 3.92. The van der Waals surface area contributed by atoms with Crippen molar-refractivity contribution in [2.75, 3.05) is 27.3 Å². The third-order valence-corrected chi connectivity index (χ3v) is 5.24. The van der Waals surface area contributed by atoms with Crippen LogP contribution in [0.25, 0.3) is 0 Å². The quantitative estimate of drug-likeness (QED) is 0.916. The topological polar surface area (TPSA) is 62.2 Å². The number of rotatable bonds is 4. The van der Waals surface area contributed by atoms with E-state index in [0.717, 1.165) is 19.4 Å². The zero-order valence-electron chi connectivity index (χ0n) is 14.4. The Morgan fingerprint density at radius 1 is 1.21 bits per heavy atom. The van der Waals surface area contributed by atoms with Crippen LogP contribution in [0.1, 0.15) is 24.8 Å². The second kappa shape index (κ2) is 7.09. The maximum Gasteiger partial charge on any atom is 0.407 e. The van der Waals surface area contributed by atoms with Crippen molar-refractivity contribution in [3.8, 4) is 0 Å². The predicted molar refractivity (Wildman–Crippen MR) is 89.8 cm³/mol. The molecule has 1 N–H and O–H groups in total. The molecule has 0 bridgehead atoms. The van der Waals surface area contributed by atoms with E-state index >= 15 is 0 Å². The molecule has 1 amide bonds. The van der Waals surface area contributed by atoms with Gasteiger partial charge >= 0.3 is 6.09 Å². The molecule has 132 valence electrons. The molecule has 2 aliphatic rings. The van der Waals surface area contributed by atoms with Gasteiger partial charge in [0.25, 0.3) is 0 Å². The third-order valence-electron chi connectivity index (χ3n) is 5.24. The van der Waals surface area contributed by atoms with E-state index in [1.165, 1.54) is 10.5 Å². The number of carbonyl (C=O) groups is 1. The van der Waals surface area contributed by atoms with Crippen LogP contribution in [-0.2, 0) is 16.0 Å². The Bertz CT molecular complexity index is 559. The van der Waals surface area contributed by atoms with Gasteiger partial charge in [0.05, 0.1) is 19.3 Å². The summed E-state index contributed by atoms with van der Waals surface area (Å²) in [5, 5.41) is 9.48. The van der Waals surface area contributed by atoms with E-state index in [4.69, 9.17) is 9.47 Å². The van der Waals surface area contributed by atoms with E-state index in [-0.39, 0.29) is 12.1 Å². The van der Waals surface area contributed by atoms with E-state index in [1.54, 1.807) is 7.05 Å². The van der Waals surface area contributed by atoms with Crippen LogP contribution < -0.4 is 0 Å². The largest absolute Gasteiger partial charge is 0.465 e. The first-order valence-electron chi connectivity index (χ1n) is 8.49. The van der Waals surface area contributed by atoms with Crippen LogP contribution in [0.4, 0.5) is 4.79 Å². The van der Waals surface area contributed by atoms with Gasteiger partial charge in [-0.15, -0.1) is 0 Å². The molecule has 2 atom stereocenters. The Hall–Kier alpha value is -1.63. The number of likely N-dealkylation sites (N-methyl/N-ethyl adjacent to an activating group) is 2. The molecule has 1 heterocycles. The number of hydrogen-bond donors (Lipinski definition) is 1. The highest BCUT2D eigenvalue weighted by molar-refractivity contribution is 5.65. The van der Waals surface area contributed by atoms with Crippen LogP contribution in [0.15, 0.2) is 30.3 Å². The van der Waals surface area contributed by atoms with Crippen LogP contribution in [0.2, 0.25) is 0 Å². The van der Waals surface area contributed by atoms with Crippen molar-refractivity contribution in [1.82, 2.24) is 9.80 Å². The van der Waals surface area contributed by atoms with Gasteiger partial charge in [-0.2, -0.15) is 0 Å². The van der Waals surface area contributed by atoms with Gasteiger partial charge < -0.3 is 19.5 Å². The van der Waals surface area contributed by atoms with E-state index in [1.807, 2.05) is 18.2 Å². The smallest absolute Gasteiger partial charge is 0.407 e. The van der Waals surface area contributed by atoms with Crippen LogP contribution in [0, 0.1) is 0 Å². The maximum absolute atomic E-state index is 11.6. The summed E-state index contributed by atoms with van der Waals surface area (Å²) >= 11 is 0. The molecule has 6 heteroatoms. The van der Waals surface area contributed by atoms with Crippen molar-refractivity contribution in [3.05, 3.63) is 35.9 Å². The molecule has 1 aromatic rings. The molecule has 0 unspecified atom stereocenters. The summed E-state index contributed by atoms with van der Waals surface area (Å²) in [4.78, 5) is 15.2. The summed E-state index contributed by atoms with van der Waals surface area (Å²) < 4.78 is 11.7. The first-order valence-corrected chi connectivity index (χ1v) is 8.49. The normalized spacial score (nSPS) is 26.0. The lowest BCUT2D eigenvalue weighted by atomic mass is 9.84. The van der Waals surface area contributed by atoms with Crippen LogP contribution >= 0.6 is 0 Å². The number of nitrogens with zero attached hydrogens (tertiary/aromatic N) is 2. The van der Waals surface area contributed by atoms with E-state index in [2.05, 4.69) is 24.1 Å². The Morgan fingerprint density at radius 2 is 1.88 bits per heavy atom. The van der Waals surface area contributed by atoms with Crippen LogP contribution in [-0.4, -0.2) is 66.2 Å². The summed E-state index contributed by atoms with van der Waals surface area (Å²) in [5.74, 6) is -0.599. The fourth-order valence-corrected chi connectivity index (χ4v) is 3.92. The van der Waals surface area contributed by atoms with Crippen molar-refractivity contribution >= 4 is 6.09 Å². The minimum Gasteiger partial charge on any atom is -0.465 e. The van der Waals surface area contributed by atoms with Crippen molar-refractivity contribution in [1.29, 1.82) is 0 Å². The average Bonchev–Trinajstić information content (AvgIpc) is 3.02. The van der Waals surface area contributed by atoms with Gasteiger partial charge in [-0.1, -0.05) is 30.3 Å². The molecule has 1 spiro atoms. The number of hydrogen-bond acceptors (Lipinski definition) is 4. The van der Waals surface area contributed by atoms with E-state index < -0.39 is 11.9 Å². The minimum atomic E-state index is -0.909. The van der Waals surface area contributed by atoms with Gasteiger partial charge in [0.15, 0.2) is 5.79 Å². The van der Waals surface area contributed by atoms with Crippen molar-refractivity contribution in [2.24, 2.45) is 0 Å². The molecule has 0 radical (unpaired) electrons. The molecule has 2 fully saturated rings. The summed E-state index contributed by atoms with van der Waals surface area (Å²) in [7, 11) is 3.71.